The number of carbonyl (C=O) groups is 2. The quantitative estimate of drug-likeness (QED) is 0.458. The van der Waals surface area contributed by atoms with E-state index in [0.29, 0.717) is 54.9 Å². The van der Waals surface area contributed by atoms with Gasteiger partial charge in [-0.15, -0.1) is 0 Å². The Bertz CT molecular complexity index is 1180. The first-order valence-corrected chi connectivity index (χ1v) is 13.7. The number of piperazine rings is 1. The minimum absolute atomic E-state index is 0.0388. The molecule has 2 aromatic carbocycles. The topological polar surface area (TPSA) is 65.1 Å². The fourth-order valence-corrected chi connectivity index (χ4v) is 5.51. The second-order valence-electron chi connectivity index (χ2n) is 10.8. The van der Waals surface area contributed by atoms with Crippen molar-refractivity contribution in [2.75, 3.05) is 42.9 Å². The zero-order valence-electron chi connectivity index (χ0n) is 22.3. The fourth-order valence-electron chi connectivity index (χ4n) is 4.94. The van der Waals surface area contributed by atoms with Gasteiger partial charge in [0, 0.05) is 48.5 Å². The van der Waals surface area contributed by atoms with Crippen molar-refractivity contribution in [2.24, 2.45) is 0 Å². The van der Waals surface area contributed by atoms with Gasteiger partial charge in [-0.25, -0.2) is 9.18 Å². The first-order chi connectivity index (χ1) is 17.9. The summed E-state index contributed by atoms with van der Waals surface area (Å²) in [5, 5.41) is 4.28. The molecule has 7 nitrogen and oxygen atoms in total. The highest BCUT2D eigenvalue weighted by Crippen LogP contribution is 2.31. The van der Waals surface area contributed by atoms with E-state index in [-0.39, 0.29) is 17.8 Å². The molecule has 0 aromatic heterocycles. The van der Waals surface area contributed by atoms with E-state index in [1.54, 1.807) is 29.2 Å². The van der Waals surface area contributed by atoms with Gasteiger partial charge in [0.25, 0.3) is 0 Å². The average Bonchev–Trinajstić information content (AvgIpc) is 3.34. The molecule has 2 saturated heterocycles. The smallest absolute Gasteiger partial charge is 0.410 e. The van der Waals surface area contributed by atoms with Crippen LogP contribution in [0.1, 0.15) is 52.1 Å². The third kappa shape index (κ3) is 6.64. The summed E-state index contributed by atoms with van der Waals surface area (Å²) < 4.78 is 20.2. The van der Waals surface area contributed by atoms with Crippen LogP contribution in [-0.2, 0) is 9.53 Å². The summed E-state index contributed by atoms with van der Waals surface area (Å²) in [5.74, 6) is -0.397. The lowest BCUT2D eigenvalue weighted by Crippen LogP contribution is -2.54. The number of hydrogen-bond donors (Lipinski definition) is 1. The second kappa shape index (κ2) is 11.6. The summed E-state index contributed by atoms with van der Waals surface area (Å²) >= 11 is 12.3. The Kier molecular flexibility index (Phi) is 8.62. The number of hydrogen-bond acceptors (Lipinski definition) is 5. The van der Waals surface area contributed by atoms with Gasteiger partial charge in [-0.1, -0.05) is 29.3 Å². The normalized spacial score (nSPS) is 18.9. The largest absolute Gasteiger partial charge is 0.444 e. The van der Waals surface area contributed by atoms with Gasteiger partial charge < -0.3 is 19.9 Å². The molecule has 206 valence electrons. The van der Waals surface area contributed by atoms with E-state index in [2.05, 4.69) is 10.2 Å². The van der Waals surface area contributed by atoms with Crippen LogP contribution in [-0.4, -0.2) is 66.2 Å². The molecule has 10 heteroatoms. The monoisotopic (exact) mass is 564 g/mol. The van der Waals surface area contributed by atoms with Gasteiger partial charge >= 0.3 is 6.09 Å². The summed E-state index contributed by atoms with van der Waals surface area (Å²) in [4.78, 5) is 31.4. The average molecular weight is 566 g/mol. The third-order valence-electron chi connectivity index (χ3n) is 6.87. The summed E-state index contributed by atoms with van der Waals surface area (Å²) in [5.41, 5.74) is 1.45. The predicted molar refractivity (Wildman–Crippen MR) is 150 cm³/mol. The molecule has 1 N–H and O–H groups in total. The Labute approximate surface area is 233 Å². The van der Waals surface area contributed by atoms with E-state index in [1.165, 1.54) is 6.07 Å². The van der Waals surface area contributed by atoms with Gasteiger partial charge in [0.15, 0.2) is 0 Å². The minimum atomic E-state index is -0.610. The number of anilines is 2. The summed E-state index contributed by atoms with van der Waals surface area (Å²) in [6.45, 7) is 10.2. The number of benzene rings is 2. The molecule has 38 heavy (non-hydrogen) atoms. The standard InChI is InChI=1S/C28H35Cl2FN4O3/c1-18(21-9-7-19(29)16-22(21)30)32-24-17-20(8-10-23(24)31)33-12-14-34(15-13-33)26(36)25-6-5-11-35(25)27(37)38-28(2,3)4/h7-10,16-18,25,32H,5-6,11-15H2,1-4H3/t18-,25-/m1/s1. The highest BCUT2D eigenvalue weighted by molar-refractivity contribution is 6.35. The van der Waals surface area contributed by atoms with Crippen molar-refractivity contribution < 1.29 is 18.7 Å². The van der Waals surface area contributed by atoms with Gasteiger partial charge in [0.05, 0.1) is 11.7 Å². The van der Waals surface area contributed by atoms with Crippen molar-refractivity contribution in [1.29, 1.82) is 0 Å². The summed E-state index contributed by atoms with van der Waals surface area (Å²) in [7, 11) is 0. The predicted octanol–water partition coefficient (Wildman–Crippen LogP) is 6.35. The van der Waals surface area contributed by atoms with Crippen molar-refractivity contribution in [2.45, 2.75) is 58.2 Å². The molecule has 0 radical (unpaired) electrons. The first kappa shape index (κ1) is 28.3. The molecule has 2 fully saturated rings. The van der Waals surface area contributed by atoms with Crippen molar-refractivity contribution in [1.82, 2.24) is 9.80 Å². The molecular weight excluding hydrogens is 530 g/mol. The summed E-state index contributed by atoms with van der Waals surface area (Å²) in [6.07, 6.45) is 0.981. The van der Waals surface area contributed by atoms with Gasteiger partial charge in [-0.3, -0.25) is 9.69 Å². The van der Waals surface area contributed by atoms with Crippen LogP contribution < -0.4 is 10.2 Å². The van der Waals surface area contributed by atoms with Crippen molar-refractivity contribution in [3.8, 4) is 0 Å². The van der Waals surface area contributed by atoms with Crippen LogP contribution in [0.15, 0.2) is 36.4 Å². The van der Waals surface area contributed by atoms with Crippen molar-refractivity contribution in [3.63, 3.8) is 0 Å². The van der Waals surface area contributed by atoms with Crippen LogP contribution in [0.4, 0.5) is 20.6 Å². The molecule has 2 aromatic rings. The molecule has 2 amide bonds. The Hall–Kier alpha value is -2.71. The summed E-state index contributed by atoms with van der Waals surface area (Å²) in [6, 6.07) is 9.51. The van der Waals surface area contributed by atoms with E-state index >= 15 is 0 Å². The lowest BCUT2D eigenvalue weighted by atomic mass is 10.1. The molecule has 0 aliphatic carbocycles. The van der Waals surface area contributed by atoms with E-state index in [1.807, 2.05) is 38.7 Å². The number of nitrogens with one attached hydrogen (secondary N) is 1. The van der Waals surface area contributed by atoms with Crippen molar-refractivity contribution >= 4 is 46.6 Å². The number of likely N-dealkylation sites (tertiary alicyclic amines) is 1. The lowest BCUT2D eigenvalue weighted by Gasteiger charge is -2.38. The number of ether oxygens (including phenoxy) is 1. The molecule has 0 unspecified atom stereocenters. The van der Waals surface area contributed by atoms with Crippen LogP contribution >= 0.6 is 23.2 Å². The molecule has 0 saturated carbocycles. The highest BCUT2D eigenvalue weighted by atomic mass is 35.5. The van der Waals surface area contributed by atoms with Gasteiger partial charge in [0.2, 0.25) is 5.91 Å². The van der Waals surface area contributed by atoms with Gasteiger partial charge in [0.1, 0.15) is 17.5 Å². The maximum Gasteiger partial charge on any atom is 0.410 e. The molecule has 2 heterocycles. The van der Waals surface area contributed by atoms with Crippen LogP contribution in [0, 0.1) is 5.82 Å². The Morgan fingerprint density at radius 2 is 1.76 bits per heavy atom. The zero-order chi connectivity index (χ0) is 27.6. The Morgan fingerprint density at radius 3 is 2.42 bits per heavy atom. The Balaban J connectivity index is 1.38. The third-order valence-corrected chi connectivity index (χ3v) is 7.44. The minimum Gasteiger partial charge on any atom is -0.444 e. The SMILES string of the molecule is C[C@@H](Nc1cc(N2CCN(C(=O)[C@H]3CCCN3C(=O)OC(C)(C)C)CC2)ccc1F)c1ccc(Cl)cc1Cl. The molecule has 4 rings (SSSR count). The maximum atomic E-state index is 14.7. The lowest BCUT2D eigenvalue weighted by molar-refractivity contribution is -0.136. The van der Waals surface area contributed by atoms with Crippen LogP contribution in [0.3, 0.4) is 0 Å². The van der Waals surface area contributed by atoms with Crippen LogP contribution in [0.25, 0.3) is 0 Å². The molecular formula is C28H35Cl2FN4O3. The van der Waals surface area contributed by atoms with E-state index in [9.17, 15) is 14.0 Å². The number of rotatable bonds is 5. The molecule has 2 aliphatic heterocycles. The Morgan fingerprint density at radius 1 is 1.05 bits per heavy atom. The molecule has 0 bridgehead atoms. The van der Waals surface area contributed by atoms with E-state index in [0.717, 1.165) is 17.7 Å². The first-order valence-electron chi connectivity index (χ1n) is 13.0. The van der Waals surface area contributed by atoms with Gasteiger partial charge in [-0.05, 0) is 76.4 Å². The molecule has 2 atom stereocenters. The highest BCUT2D eigenvalue weighted by Gasteiger charge is 2.39. The van der Waals surface area contributed by atoms with Crippen molar-refractivity contribution in [3.05, 3.63) is 57.8 Å². The second-order valence-corrected chi connectivity index (χ2v) is 11.7. The number of amides is 2. The van der Waals surface area contributed by atoms with E-state index in [4.69, 9.17) is 27.9 Å². The maximum absolute atomic E-state index is 14.7. The van der Waals surface area contributed by atoms with Crippen LogP contribution in [0.5, 0.6) is 0 Å². The molecule has 2 aliphatic rings. The fraction of sp³-hybridized carbons (Fsp3) is 0.500. The van der Waals surface area contributed by atoms with Gasteiger partial charge in [-0.2, -0.15) is 0 Å². The number of carbonyl (C=O) groups excluding carboxylic acids is 2. The van der Waals surface area contributed by atoms with Crippen LogP contribution in [0.2, 0.25) is 10.0 Å². The zero-order valence-corrected chi connectivity index (χ0v) is 23.8. The van der Waals surface area contributed by atoms with E-state index < -0.39 is 17.7 Å². The molecule has 0 spiro atoms. The number of halogens is 3. The number of nitrogens with zero attached hydrogens (tertiary/aromatic N) is 3.